The van der Waals surface area contributed by atoms with E-state index in [0.717, 1.165) is 50.6 Å². The monoisotopic (exact) mass is 281 g/mol. The van der Waals surface area contributed by atoms with Crippen molar-refractivity contribution in [2.24, 2.45) is 0 Å². The van der Waals surface area contributed by atoms with Gasteiger partial charge in [0.15, 0.2) is 11.4 Å². The lowest BCUT2D eigenvalue weighted by atomic mass is 10.2. The number of hydrogen-bond acceptors (Lipinski definition) is 5. The molecule has 1 N–H and O–H groups in total. The Morgan fingerprint density at radius 3 is 3.00 bits per heavy atom. The fraction of sp³-hybridized carbons (Fsp3) is 0.462. The zero-order valence-electron chi connectivity index (χ0n) is 10.6. The fourth-order valence-electron chi connectivity index (χ4n) is 2.20. The Kier molecular flexibility index (Phi) is 3.87. The van der Waals surface area contributed by atoms with Gasteiger partial charge in [-0.15, -0.1) is 0 Å². The molecule has 1 saturated heterocycles. The largest absolute Gasteiger partial charge is 0.379 e. The molecule has 19 heavy (non-hydrogen) atoms. The zero-order chi connectivity index (χ0) is 13.1. The number of ether oxygens (including phenoxy) is 1. The maximum atomic E-state index is 5.91. The van der Waals surface area contributed by atoms with Gasteiger partial charge in [-0.3, -0.25) is 4.90 Å². The molecule has 0 unspecified atom stereocenters. The third-order valence-electron chi connectivity index (χ3n) is 3.26. The average molecular weight is 282 g/mol. The molecule has 3 rings (SSSR count). The third-order valence-corrected chi connectivity index (χ3v) is 3.49. The van der Waals surface area contributed by atoms with E-state index in [1.54, 1.807) is 6.07 Å². The van der Waals surface area contributed by atoms with Gasteiger partial charge in [-0.2, -0.15) is 0 Å². The number of benzene rings is 1. The van der Waals surface area contributed by atoms with Gasteiger partial charge in [0.1, 0.15) is 0 Å². The van der Waals surface area contributed by atoms with Gasteiger partial charge in [0, 0.05) is 37.3 Å². The van der Waals surface area contributed by atoms with E-state index in [0.29, 0.717) is 10.6 Å². The summed E-state index contributed by atoms with van der Waals surface area (Å²) in [4.78, 5) is 2.37. The lowest BCUT2D eigenvalue weighted by Crippen LogP contribution is -2.39. The Balaban J connectivity index is 1.59. The van der Waals surface area contributed by atoms with Crippen LogP contribution < -0.4 is 5.32 Å². The minimum absolute atomic E-state index is 0.656. The highest BCUT2D eigenvalue weighted by molar-refractivity contribution is 6.31. The Bertz CT molecular complexity index is 552. The van der Waals surface area contributed by atoms with Gasteiger partial charge in [-0.1, -0.05) is 16.8 Å². The number of hydrogen-bond donors (Lipinski definition) is 1. The summed E-state index contributed by atoms with van der Waals surface area (Å²) in [6.45, 7) is 5.46. The fourth-order valence-corrected chi connectivity index (χ4v) is 2.36. The van der Waals surface area contributed by atoms with Crippen LogP contribution in [0.1, 0.15) is 0 Å². The first-order valence-corrected chi connectivity index (χ1v) is 6.79. The number of aromatic nitrogens is 1. The Morgan fingerprint density at radius 2 is 2.16 bits per heavy atom. The van der Waals surface area contributed by atoms with Crippen molar-refractivity contribution in [1.29, 1.82) is 0 Å². The van der Waals surface area contributed by atoms with Gasteiger partial charge in [-0.25, -0.2) is 0 Å². The molecule has 2 heterocycles. The van der Waals surface area contributed by atoms with E-state index in [4.69, 9.17) is 20.9 Å². The Morgan fingerprint density at radius 1 is 1.32 bits per heavy atom. The van der Waals surface area contributed by atoms with Crippen molar-refractivity contribution in [1.82, 2.24) is 10.1 Å². The van der Waals surface area contributed by atoms with Crippen LogP contribution in [-0.4, -0.2) is 49.4 Å². The smallest absolute Gasteiger partial charge is 0.177 e. The zero-order valence-corrected chi connectivity index (χ0v) is 11.3. The standard InChI is InChI=1S/C13H16ClN3O2/c14-10-1-2-11-12(9-10)19-16-13(11)15-3-4-17-5-7-18-8-6-17/h1-2,9H,3-8H2,(H,15,16). The summed E-state index contributed by atoms with van der Waals surface area (Å²) >= 11 is 5.91. The summed E-state index contributed by atoms with van der Waals surface area (Å²) in [6.07, 6.45) is 0. The molecule has 5 nitrogen and oxygen atoms in total. The van der Waals surface area contributed by atoms with Crippen LogP contribution in [0.5, 0.6) is 0 Å². The van der Waals surface area contributed by atoms with Crippen molar-refractivity contribution >= 4 is 28.4 Å². The molecule has 0 aliphatic carbocycles. The van der Waals surface area contributed by atoms with Gasteiger partial charge in [0.2, 0.25) is 0 Å². The Labute approximate surface area is 116 Å². The molecule has 1 aliphatic rings. The first-order chi connectivity index (χ1) is 9.33. The van der Waals surface area contributed by atoms with Gasteiger partial charge >= 0.3 is 0 Å². The first-order valence-electron chi connectivity index (χ1n) is 6.42. The quantitative estimate of drug-likeness (QED) is 0.931. The molecule has 1 aliphatic heterocycles. The van der Waals surface area contributed by atoms with Crippen LogP contribution in [0.2, 0.25) is 5.02 Å². The second kappa shape index (κ2) is 5.77. The molecule has 2 aromatic rings. The first kappa shape index (κ1) is 12.7. The van der Waals surface area contributed by atoms with E-state index in [-0.39, 0.29) is 0 Å². The third kappa shape index (κ3) is 3.00. The van der Waals surface area contributed by atoms with Crippen molar-refractivity contribution in [2.75, 3.05) is 44.7 Å². The van der Waals surface area contributed by atoms with Crippen LogP contribution in [0.25, 0.3) is 11.0 Å². The molecular weight excluding hydrogens is 266 g/mol. The van der Waals surface area contributed by atoms with Crippen molar-refractivity contribution in [2.45, 2.75) is 0 Å². The minimum atomic E-state index is 0.656. The van der Waals surface area contributed by atoms with E-state index < -0.39 is 0 Å². The number of fused-ring (bicyclic) bond motifs is 1. The summed E-state index contributed by atoms with van der Waals surface area (Å²) in [5.41, 5.74) is 0.710. The lowest BCUT2D eigenvalue weighted by Gasteiger charge is -2.26. The van der Waals surface area contributed by atoms with Crippen molar-refractivity contribution in [3.05, 3.63) is 23.2 Å². The van der Waals surface area contributed by atoms with Crippen molar-refractivity contribution in [3.8, 4) is 0 Å². The van der Waals surface area contributed by atoms with Gasteiger partial charge in [0.05, 0.1) is 18.6 Å². The molecular formula is C13H16ClN3O2. The van der Waals surface area contributed by atoms with Gasteiger partial charge < -0.3 is 14.6 Å². The van der Waals surface area contributed by atoms with Crippen molar-refractivity contribution < 1.29 is 9.26 Å². The lowest BCUT2D eigenvalue weighted by molar-refractivity contribution is 0.0398. The van der Waals surface area contributed by atoms with Crippen LogP contribution in [0, 0.1) is 0 Å². The summed E-state index contributed by atoms with van der Waals surface area (Å²) in [6, 6.07) is 5.54. The number of anilines is 1. The highest BCUT2D eigenvalue weighted by Crippen LogP contribution is 2.25. The minimum Gasteiger partial charge on any atom is -0.379 e. The second-order valence-electron chi connectivity index (χ2n) is 4.55. The predicted molar refractivity (Wildman–Crippen MR) is 74.8 cm³/mol. The normalized spacial score (nSPS) is 16.9. The Hall–Kier alpha value is -1.30. The second-order valence-corrected chi connectivity index (χ2v) is 4.99. The predicted octanol–water partition coefficient (Wildman–Crippen LogP) is 2.23. The number of rotatable bonds is 4. The maximum Gasteiger partial charge on any atom is 0.177 e. The molecule has 0 radical (unpaired) electrons. The topological polar surface area (TPSA) is 50.5 Å². The maximum absolute atomic E-state index is 5.91. The van der Waals surface area contributed by atoms with E-state index in [1.807, 2.05) is 12.1 Å². The SMILES string of the molecule is Clc1ccc2c(NCCN3CCOCC3)noc2c1. The van der Waals surface area contributed by atoms with Crippen LogP contribution in [0.4, 0.5) is 5.82 Å². The average Bonchev–Trinajstić information content (AvgIpc) is 2.82. The molecule has 6 heteroatoms. The van der Waals surface area contributed by atoms with E-state index >= 15 is 0 Å². The van der Waals surface area contributed by atoms with Gasteiger partial charge in [0.25, 0.3) is 0 Å². The number of morpholine rings is 1. The van der Waals surface area contributed by atoms with E-state index in [9.17, 15) is 0 Å². The van der Waals surface area contributed by atoms with E-state index in [2.05, 4.69) is 15.4 Å². The molecule has 0 atom stereocenters. The highest BCUT2D eigenvalue weighted by Gasteiger charge is 2.11. The number of halogens is 1. The molecule has 0 amide bonds. The summed E-state index contributed by atoms with van der Waals surface area (Å²) in [7, 11) is 0. The molecule has 0 bridgehead atoms. The number of nitrogens with one attached hydrogen (secondary N) is 1. The molecule has 1 aromatic heterocycles. The molecule has 0 saturated carbocycles. The highest BCUT2D eigenvalue weighted by atomic mass is 35.5. The van der Waals surface area contributed by atoms with Crippen LogP contribution in [0.3, 0.4) is 0 Å². The van der Waals surface area contributed by atoms with Crippen LogP contribution in [-0.2, 0) is 4.74 Å². The molecule has 0 spiro atoms. The van der Waals surface area contributed by atoms with Crippen molar-refractivity contribution in [3.63, 3.8) is 0 Å². The summed E-state index contributed by atoms with van der Waals surface area (Å²) in [5.74, 6) is 0.778. The molecule has 102 valence electrons. The summed E-state index contributed by atoms with van der Waals surface area (Å²) < 4.78 is 10.6. The van der Waals surface area contributed by atoms with E-state index in [1.165, 1.54) is 0 Å². The number of nitrogens with zero attached hydrogens (tertiary/aromatic N) is 2. The van der Waals surface area contributed by atoms with Crippen LogP contribution in [0.15, 0.2) is 22.7 Å². The summed E-state index contributed by atoms with van der Waals surface area (Å²) in [5, 5.41) is 8.96. The molecule has 1 fully saturated rings. The molecule has 1 aromatic carbocycles. The van der Waals surface area contributed by atoms with Crippen LogP contribution >= 0.6 is 11.6 Å². The van der Waals surface area contributed by atoms with Gasteiger partial charge in [-0.05, 0) is 12.1 Å².